The molecule has 1 heterocycles. The van der Waals surface area contributed by atoms with Crippen molar-refractivity contribution in [3.63, 3.8) is 0 Å². The maximum atomic E-state index is 11.6. The van der Waals surface area contributed by atoms with E-state index in [4.69, 9.17) is 9.15 Å². The van der Waals surface area contributed by atoms with Crippen molar-refractivity contribution >= 4 is 11.9 Å². The number of aliphatic imine (C=N–C) groups is 1. The summed E-state index contributed by atoms with van der Waals surface area (Å²) in [6.45, 7) is 5.43. The third-order valence-corrected chi connectivity index (χ3v) is 3.70. The summed E-state index contributed by atoms with van der Waals surface area (Å²) in [6.07, 6.45) is 6.10. The minimum Gasteiger partial charge on any atom is -0.467 e. The van der Waals surface area contributed by atoms with E-state index < -0.39 is 0 Å². The number of carbonyl (C=O) groups excluding carboxylic acids is 1. The molecule has 0 aromatic carbocycles. The minimum absolute atomic E-state index is 0.143. The van der Waals surface area contributed by atoms with Gasteiger partial charge in [-0.15, -0.1) is 0 Å². The van der Waals surface area contributed by atoms with E-state index in [0.717, 1.165) is 50.5 Å². The molecular formula is C18H30N4O3. The van der Waals surface area contributed by atoms with Crippen molar-refractivity contribution in [1.82, 2.24) is 16.0 Å². The van der Waals surface area contributed by atoms with Gasteiger partial charge < -0.3 is 25.1 Å². The predicted molar refractivity (Wildman–Crippen MR) is 97.4 cm³/mol. The summed E-state index contributed by atoms with van der Waals surface area (Å²) in [5.74, 6) is 1.77. The average molecular weight is 350 g/mol. The summed E-state index contributed by atoms with van der Waals surface area (Å²) in [5.41, 5.74) is 0. The monoisotopic (exact) mass is 350 g/mol. The lowest BCUT2D eigenvalue weighted by atomic mass is 10.3. The Morgan fingerprint density at radius 1 is 1.36 bits per heavy atom. The normalized spacial score (nSPS) is 14.4. The molecule has 1 aliphatic carbocycles. The number of ether oxygens (including phenoxy) is 1. The Labute approximate surface area is 149 Å². The van der Waals surface area contributed by atoms with Gasteiger partial charge in [0.2, 0.25) is 5.91 Å². The van der Waals surface area contributed by atoms with Crippen LogP contribution in [0.3, 0.4) is 0 Å². The summed E-state index contributed by atoms with van der Waals surface area (Å²) in [4.78, 5) is 16.1. The van der Waals surface area contributed by atoms with Crippen LogP contribution in [0.5, 0.6) is 0 Å². The zero-order valence-electron chi connectivity index (χ0n) is 15.1. The molecule has 1 aliphatic rings. The molecule has 2 rings (SSSR count). The number of nitrogens with zero attached hydrogens (tertiary/aromatic N) is 1. The summed E-state index contributed by atoms with van der Waals surface area (Å²) >= 11 is 0. The summed E-state index contributed by atoms with van der Waals surface area (Å²) in [6, 6.07) is 4.19. The van der Waals surface area contributed by atoms with Crippen molar-refractivity contribution < 1.29 is 13.9 Å². The van der Waals surface area contributed by atoms with Gasteiger partial charge in [-0.1, -0.05) is 0 Å². The Morgan fingerprint density at radius 3 is 2.96 bits per heavy atom. The minimum atomic E-state index is 0.143. The molecule has 0 radical (unpaired) electrons. The van der Waals surface area contributed by atoms with Crippen molar-refractivity contribution in [2.24, 2.45) is 4.99 Å². The number of amides is 1. The van der Waals surface area contributed by atoms with E-state index in [1.165, 1.54) is 0 Å². The maximum absolute atomic E-state index is 11.6. The Bertz CT molecular complexity index is 512. The second-order valence-corrected chi connectivity index (χ2v) is 6.12. The lowest BCUT2D eigenvalue weighted by Gasteiger charge is -2.11. The fourth-order valence-electron chi connectivity index (χ4n) is 2.25. The first-order valence-electron chi connectivity index (χ1n) is 9.19. The van der Waals surface area contributed by atoms with Crippen LogP contribution in [0.4, 0.5) is 0 Å². The first-order valence-corrected chi connectivity index (χ1v) is 9.19. The van der Waals surface area contributed by atoms with Crippen LogP contribution in [0.1, 0.15) is 44.8 Å². The third-order valence-electron chi connectivity index (χ3n) is 3.70. The van der Waals surface area contributed by atoms with E-state index in [1.54, 1.807) is 6.26 Å². The predicted octanol–water partition coefficient (Wildman–Crippen LogP) is 1.80. The quantitative estimate of drug-likeness (QED) is 0.304. The number of carbonyl (C=O) groups is 1. The van der Waals surface area contributed by atoms with E-state index in [1.807, 2.05) is 19.1 Å². The number of furan rings is 1. The molecule has 7 heteroatoms. The third kappa shape index (κ3) is 9.14. The highest BCUT2D eigenvalue weighted by Gasteiger charge is 2.22. The molecule has 0 bridgehead atoms. The standard InChI is InChI=1S/C18H30N4O3/c1-2-19-18(20-10-3-7-17(23)22-15-8-9-15)21-11-5-12-24-14-16-6-4-13-25-16/h4,6,13,15H,2-3,5,7-12,14H2,1H3,(H,22,23)(H2,19,20,21). The lowest BCUT2D eigenvalue weighted by Crippen LogP contribution is -2.38. The molecule has 7 nitrogen and oxygen atoms in total. The van der Waals surface area contributed by atoms with E-state index >= 15 is 0 Å². The summed E-state index contributed by atoms with van der Waals surface area (Å²) in [5, 5.41) is 9.48. The lowest BCUT2D eigenvalue weighted by molar-refractivity contribution is -0.121. The van der Waals surface area contributed by atoms with Gasteiger partial charge in [0.1, 0.15) is 12.4 Å². The molecule has 0 saturated heterocycles. The number of hydrogen-bond acceptors (Lipinski definition) is 4. The second-order valence-electron chi connectivity index (χ2n) is 6.12. The number of rotatable bonds is 12. The molecule has 1 aromatic heterocycles. The van der Waals surface area contributed by atoms with Crippen LogP contribution in [0.2, 0.25) is 0 Å². The second kappa shape index (κ2) is 11.5. The van der Waals surface area contributed by atoms with E-state index in [2.05, 4.69) is 20.9 Å². The van der Waals surface area contributed by atoms with Crippen LogP contribution in [0, 0.1) is 0 Å². The first kappa shape index (κ1) is 19.3. The molecule has 0 spiro atoms. The number of nitrogens with one attached hydrogen (secondary N) is 3. The largest absolute Gasteiger partial charge is 0.467 e. The van der Waals surface area contributed by atoms with Gasteiger partial charge in [0, 0.05) is 38.7 Å². The number of hydrogen-bond donors (Lipinski definition) is 3. The highest BCUT2D eigenvalue weighted by atomic mass is 16.5. The van der Waals surface area contributed by atoms with Gasteiger partial charge in [-0.2, -0.15) is 0 Å². The molecule has 25 heavy (non-hydrogen) atoms. The zero-order valence-corrected chi connectivity index (χ0v) is 15.1. The molecular weight excluding hydrogens is 320 g/mol. The zero-order chi connectivity index (χ0) is 17.7. The van der Waals surface area contributed by atoms with Gasteiger partial charge in [-0.3, -0.25) is 9.79 Å². The van der Waals surface area contributed by atoms with Crippen LogP contribution in [0.25, 0.3) is 0 Å². The molecule has 0 aliphatic heterocycles. The van der Waals surface area contributed by atoms with Gasteiger partial charge in [0.25, 0.3) is 0 Å². The average Bonchev–Trinajstić information content (AvgIpc) is 3.25. The van der Waals surface area contributed by atoms with Gasteiger partial charge in [0.15, 0.2) is 5.96 Å². The highest BCUT2D eigenvalue weighted by Crippen LogP contribution is 2.18. The number of guanidine groups is 1. The Kier molecular flexibility index (Phi) is 8.90. The maximum Gasteiger partial charge on any atom is 0.220 e. The fourth-order valence-corrected chi connectivity index (χ4v) is 2.25. The molecule has 1 aromatic rings. The van der Waals surface area contributed by atoms with Gasteiger partial charge in [-0.05, 0) is 44.7 Å². The van der Waals surface area contributed by atoms with E-state index in [0.29, 0.717) is 32.2 Å². The van der Waals surface area contributed by atoms with E-state index in [9.17, 15) is 4.79 Å². The van der Waals surface area contributed by atoms with Crippen molar-refractivity contribution in [2.45, 2.75) is 51.7 Å². The Hall–Kier alpha value is -2.02. The molecule has 1 saturated carbocycles. The summed E-state index contributed by atoms with van der Waals surface area (Å²) < 4.78 is 10.8. The van der Waals surface area contributed by atoms with Crippen LogP contribution in [-0.2, 0) is 16.1 Å². The molecule has 1 fully saturated rings. The Balaban J connectivity index is 1.51. The highest BCUT2D eigenvalue weighted by molar-refractivity contribution is 5.79. The smallest absolute Gasteiger partial charge is 0.220 e. The van der Waals surface area contributed by atoms with Crippen molar-refractivity contribution in [2.75, 3.05) is 26.2 Å². The molecule has 1 amide bonds. The van der Waals surface area contributed by atoms with Gasteiger partial charge in [0.05, 0.1) is 6.26 Å². The van der Waals surface area contributed by atoms with E-state index in [-0.39, 0.29) is 5.91 Å². The van der Waals surface area contributed by atoms with Gasteiger partial charge >= 0.3 is 0 Å². The van der Waals surface area contributed by atoms with Crippen molar-refractivity contribution in [3.05, 3.63) is 24.2 Å². The SMILES string of the molecule is CCNC(=NCCCC(=O)NC1CC1)NCCCOCc1ccco1. The van der Waals surface area contributed by atoms with Crippen LogP contribution < -0.4 is 16.0 Å². The van der Waals surface area contributed by atoms with Crippen LogP contribution >= 0.6 is 0 Å². The fraction of sp³-hybridized carbons (Fsp3) is 0.667. The molecule has 140 valence electrons. The van der Waals surface area contributed by atoms with Crippen molar-refractivity contribution in [3.8, 4) is 0 Å². The molecule has 0 atom stereocenters. The first-order chi connectivity index (χ1) is 12.3. The van der Waals surface area contributed by atoms with Crippen molar-refractivity contribution in [1.29, 1.82) is 0 Å². The Morgan fingerprint density at radius 2 is 2.24 bits per heavy atom. The van der Waals surface area contributed by atoms with Crippen LogP contribution in [0.15, 0.2) is 27.8 Å². The summed E-state index contributed by atoms with van der Waals surface area (Å²) in [7, 11) is 0. The van der Waals surface area contributed by atoms with Crippen LogP contribution in [-0.4, -0.2) is 44.1 Å². The topological polar surface area (TPSA) is 87.9 Å². The van der Waals surface area contributed by atoms with Gasteiger partial charge in [-0.25, -0.2) is 0 Å². The molecule has 0 unspecified atom stereocenters. The molecule has 3 N–H and O–H groups in total.